The third kappa shape index (κ3) is 3.95. The van der Waals surface area contributed by atoms with E-state index in [1.807, 2.05) is 0 Å². The minimum atomic E-state index is -3.39. The fraction of sp³-hybridized carbons (Fsp3) is 0.500. The van der Waals surface area contributed by atoms with Crippen molar-refractivity contribution in [2.24, 2.45) is 11.7 Å². The van der Waals surface area contributed by atoms with Crippen LogP contribution in [0.2, 0.25) is 0 Å². The topological polar surface area (TPSA) is 101 Å². The molecule has 1 aromatic carbocycles. The lowest BCUT2D eigenvalue weighted by molar-refractivity contribution is -0.122. The number of carbonyl (C=O) groups is 1. The Hall–Kier alpha value is -1.60. The van der Waals surface area contributed by atoms with Crippen molar-refractivity contribution in [1.29, 1.82) is 0 Å². The molecule has 1 saturated carbocycles. The Balaban J connectivity index is 1.94. The summed E-state index contributed by atoms with van der Waals surface area (Å²) in [5.74, 6) is -0.221. The summed E-state index contributed by atoms with van der Waals surface area (Å²) in [6.45, 7) is 0. The molecule has 21 heavy (non-hydrogen) atoms. The maximum Gasteiger partial charge on any atom is 0.240 e. The van der Waals surface area contributed by atoms with E-state index < -0.39 is 10.0 Å². The SMILES string of the molecule is CNS(=O)(=O)c1ccc(NC2CCC(C(N)=O)CC2)cc1. The molecule has 2 rings (SSSR count). The van der Waals surface area contributed by atoms with Crippen molar-refractivity contribution in [3.63, 3.8) is 0 Å². The highest BCUT2D eigenvalue weighted by Gasteiger charge is 2.24. The molecule has 0 radical (unpaired) electrons. The van der Waals surface area contributed by atoms with Gasteiger partial charge >= 0.3 is 0 Å². The van der Waals surface area contributed by atoms with Crippen molar-refractivity contribution in [3.05, 3.63) is 24.3 Å². The van der Waals surface area contributed by atoms with Gasteiger partial charge in [-0.05, 0) is 57.0 Å². The highest BCUT2D eigenvalue weighted by atomic mass is 32.2. The molecule has 0 atom stereocenters. The quantitative estimate of drug-likeness (QED) is 0.756. The summed E-state index contributed by atoms with van der Waals surface area (Å²) < 4.78 is 25.5. The first-order chi connectivity index (χ1) is 9.92. The van der Waals surface area contributed by atoms with Crippen LogP contribution < -0.4 is 15.8 Å². The molecular weight excluding hydrogens is 290 g/mol. The first-order valence-corrected chi connectivity index (χ1v) is 8.50. The van der Waals surface area contributed by atoms with Gasteiger partial charge in [-0.1, -0.05) is 0 Å². The zero-order valence-electron chi connectivity index (χ0n) is 12.0. The molecule has 0 bridgehead atoms. The van der Waals surface area contributed by atoms with Crippen molar-refractivity contribution in [2.45, 2.75) is 36.6 Å². The van der Waals surface area contributed by atoms with Crippen LogP contribution in [0.15, 0.2) is 29.2 Å². The van der Waals surface area contributed by atoms with Gasteiger partial charge in [-0.25, -0.2) is 13.1 Å². The predicted molar refractivity (Wildman–Crippen MR) is 81.3 cm³/mol. The third-order valence-corrected chi connectivity index (χ3v) is 5.36. The van der Waals surface area contributed by atoms with Crippen LogP contribution in [0.3, 0.4) is 0 Å². The van der Waals surface area contributed by atoms with Gasteiger partial charge in [-0.3, -0.25) is 4.79 Å². The van der Waals surface area contributed by atoms with Crippen molar-refractivity contribution in [2.75, 3.05) is 12.4 Å². The monoisotopic (exact) mass is 311 g/mol. The maximum atomic E-state index is 11.6. The summed E-state index contributed by atoms with van der Waals surface area (Å²) in [5.41, 5.74) is 6.20. The second kappa shape index (κ2) is 6.44. The lowest BCUT2D eigenvalue weighted by atomic mass is 9.85. The molecule has 0 aliphatic heterocycles. The fourth-order valence-corrected chi connectivity index (χ4v) is 3.34. The third-order valence-electron chi connectivity index (χ3n) is 3.93. The Kier molecular flexibility index (Phi) is 4.84. The zero-order valence-corrected chi connectivity index (χ0v) is 12.8. The molecule has 6 nitrogen and oxygen atoms in total. The molecule has 0 saturated heterocycles. The lowest BCUT2D eigenvalue weighted by Gasteiger charge is -2.28. The molecule has 1 aromatic rings. The number of sulfonamides is 1. The van der Waals surface area contributed by atoms with Crippen molar-refractivity contribution in [1.82, 2.24) is 4.72 Å². The van der Waals surface area contributed by atoms with E-state index in [2.05, 4.69) is 10.0 Å². The average molecular weight is 311 g/mol. The molecule has 0 unspecified atom stereocenters. The Bertz CT molecular complexity index is 590. The number of hydrogen-bond acceptors (Lipinski definition) is 4. The number of benzene rings is 1. The molecule has 116 valence electrons. The number of amides is 1. The number of primary amides is 1. The lowest BCUT2D eigenvalue weighted by Crippen LogP contribution is -2.32. The molecule has 0 spiro atoms. The Morgan fingerprint density at radius 2 is 1.71 bits per heavy atom. The Labute approximate surface area is 125 Å². The summed E-state index contributed by atoms with van der Waals surface area (Å²) in [5, 5.41) is 3.37. The summed E-state index contributed by atoms with van der Waals surface area (Å²) in [6, 6.07) is 6.95. The summed E-state index contributed by atoms with van der Waals surface area (Å²) >= 11 is 0. The van der Waals surface area contributed by atoms with Crippen LogP contribution in [0.1, 0.15) is 25.7 Å². The predicted octanol–water partition coefficient (Wildman–Crippen LogP) is 1.05. The molecule has 1 aliphatic rings. The summed E-state index contributed by atoms with van der Waals surface area (Å²) in [6.07, 6.45) is 3.40. The first kappa shape index (κ1) is 15.8. The highest BCUT2D eigenvalue weighted by Crippen LogP contribution is 2.26. The van der Waals surface area contributed by atoms with Crippen molar-refractivity contribution >= 4 is 21.6 Å². The number of anilines is 1. The van der Waals surface area contributed by atoms with Gasteiger partial charge in [0.2, 0.25) is 15.9 Å². The Morgan fingerprint density at radius 3 is 2.19 bits per heavy atom. The van der Waals surface area contributed by atoms with E-state index in [1.54, 1.807) is 24.3 Å². The van der Waals surface area contributed by atoms with Gasteiger partial charge in [0.25, 0.3) is 0 Å². The highest BCUT2D eigenvalue weighted by molar-refractivity contribution is 7.89. The molecule has 0 heterocycles. The number of nitrogens with two attached hydrogens (primary N) is 1. The van der Waals surface area contributed by atoms with Crippen LogP contribution in [0.4, 0.5) is 5.69 Å². The van der Waals surface area contributed by atoms with Crippen molar-refractivity contribution < 1.29 is 13.2 Å². The Morgan fingerprint density at radius 1 is 1.14 bits per heavy atom. The maximum absolute atomic E-state index is 11.6. The molecule has 1 aliphatic carbocycles. The standard InChI is InChI=1S/C14H21N3O3S/c1-16-21(19,20)13-8-6-12(7-9-13)17-11-4-2-10(3-5-11)14(15)18/h6-11,16-17H,2-5H2,1H3,(H2,15,18). The van der Waals surface area contributed by atoms with Gasteiger partial charge in [0, 0.05) is 17.6 Å². The number of rotatable bonds is 5. The van der Waals surface area contributed by atoms with Crippen LogP contribution in [0, 0.1) is 5.92 Å². The number of carbonyl (C=O) groups excluding carboxylic acids is 1. The van der Waals surface area contributed by atoms with Gasteiger partial charge in [-0.2, -0.15) is 0 Å². The van der Waals surface area contributed by atoms with Gasteiger partial charge in [0.05, 0.1) is 4.90 Å². The van der Waals surface area contributed by atoms with Crippen LogP contribution in [0.25, 0.3) is 0 Å². The van der Waals surface area contributed by atoms with Gasteiger partial charge in [0.1, 0.15) is 0 Å². The molecular formula is C14H21N3O3S. The second-order valence-corrected chi connectivity index (χ2v) is 7.21. The molecule has 0 aromatic heterocycles. The molecule has 4 N–H and O–H groups in total. The van der Waals surface area contributed by atoms with Crippen LogP contribution >= 0.6 is 0 Å². The molecule has 1 amide bonds. The molecule has 1 fully saturated rings. The summed E-state index contributed by atoms with van der Waals surface area (Å²) in [7, 11) is -2.01. The average Bonchev–Trinajstić information content (AvgIpc) is 2.48. The molecule has 7 heteroatoms. The van der Waals surface area contributed by atoms with E-state index in [0.29, 0.717) is 6.04 Å². The van der Waals surface area contributed by atoms with E-state index in [4.69, 9.17) is 5.73 Å². The normalized spacial score (nSPS) is 22.7. The van der Waals surface area contributed by atoms with Crippen LogP contribution in [0.5, 0.6) is 0 Å². The largest absolute Gasteiger partial charge is 0.382 e. The van der Waals surface area contributed by atoms with E-state index in [0.717, 1.165) is 31.4 Å². The van der Waals surface area contributed by atoms with E-state index in [9.17, 15) is 13.2 Å². The van der Waals surface area contributed by atoms with Crippen molar-refractivity contribution in [3.8, 4) is 0 Å². The van der Waals surface area contributed by atoms with Gasteiger partial charge in [0.15, 0.2) is 0 Å². The van der Waals surface area contributed by atoms with Crippen LogP contribution in [-0.2, 0) is 14.8 Å². The van der Waals surface area contributed by atoms with E-state index in [1.165, 1.54) is 7.05 Å². The van der Waals surface area contributed by atoms with Gasteiger partial charge < -0.3 is 11.1 Å². The summed E-state index contributed by atoms with van der Waals surface area (Å²) in [4.78, 5) is 11.4. The minimum absolute atomic E-state index is 0.00815. The zero-order chi connectivity index (χ0) is 15.5. The minimum Gasteiger partial charge on any atom is -0.382 e. The van der Waals surface area contributed by atoms with Gasteiger partial charge in [-0.15, -0.1) is 0 Å². The van der Waals surface area contributed by atoms with E-state index in [-0.39, 0.29) is 16.7 Å². The first-order valence-electron chi connectivity index (χ1n) is 7.02. The van der Waals surface area contributed by atoms with Crippen LogP contribution in [-0.4, -0.2) is 27.4 Å². The number of hydrogen-bond donors (Lipinski definition) is 3. The number of nitrogens with one attached hydrogen (secondary N) is 2. The second-order valence-electron chi connectivity index (χ2n) is 5.33. The fourth-order valence-electron chi connectivity index (χ4n) is 2.61. The smallest absolute Gasteiger partial charge is 0.240 e. The van der Waals surface area contributed by atoms with E-state index >= 15 is 0 Å².